The third-order valence-electron chi connectivity index (χ3n) is 3.31. The van der Waals surface area contributed by atoms with E-state index in [0.717, 1.165) is 0 Å². The molecule has 0 radical (unpaired) electrons. The van der Waals surface area contributed by atoms with E-state index < -0.39 is 15.6 Å². The first kappa shape index (κ1) is 16.4. The molecular formula is C13H25N3O2S. The Hall–Kier alpha value is -0.640. The molecule has 1 fully saturated rings. The predicted molar refractivity (Wildman–Crippen MR) is 76.1 cm³/mol. The normalized spacial score (nSPS) is 20.2. The lowest BCUT2D eigenvalue weighted by molar-refractivity contribution is 0.115. The average molecular weight is 287 g/mol. The Balaban J connectivity index is 2.67. The smallest absolute Gasteiger partial charge is 0.214 e. The molecule has 0 unspecified atom stereocenters. The van der Waals surface area contributed by atoms with Crippen LogP contribution in [0.5, 0.6) is 0 Å². The maximum absolute atomic E-state index is 12.3. The second kappa shape index (κ2) is 5.39. The lowest BCUT2D eigenvalue weighted by Gasteiger charge is -2.40. The van der Waals surface area contributed by atoms with Crippen molar-refractivity contribution in [2.45, 2.75) is 40.2 Å². The molecular weight excluding hydrogens is 262 g/mol. The number of nitriles is 1. The molecule has 1 saturated heterocycles. The van der Waals surface area contributed by atoms with Gasteiger partial charge in [-0.05, 0) is 19.3 Å². The summed E-state index contributed by atoms with van der Waals surface area (Å²) in [5.41, 5.74) is -0.762. The third kappa shape index (κ3) is 4.44. The second-order valence-corrected chi connectivity index (χ2v) is 8.84. The van der Waals surface area contributed by atoms with Crippen molar-refractivity contribution in [2.24, 2.45) is 5.41 Å². The Labute approximate surface area is 117 Å². The largest absolute Gasteiger partial charge is 0.283 e. The van der Waals surface area contributed by atoms with Crippen molar-refractivity contribution in [3.63, 3.8) is 0 Å². The standard InChI is InChI=1S/C13H25N3O2S/c1-12(2,3)11-19(17,18)16-8-6-15(7-9-16)13(4,5)10-14/h6-9,11H2,1-5H3. The van der Waals surface area contributed by atoms with E-state index in [2.05, 4.69) is 6.07 Å². The molecule has 0 aromatic carbocycles. The summed E-state index contributed by atoms with van der Waals surface area (Å²) < 4.78 is 26.1. The van der Waals surface area contributed by atoms with Gasteiger partial charge in [-0.1, -0.05) is 20.8 Å². The lowest BCUT2D eigenvalue weighted by Crippen LogP contribution is -2.55. The molecule has 19 heavy (non-hydrogen) atoms. The lowest BCUT2D eigenvalue weighted by atomic mass is 10.0. The molecule has 110 valence electrons. The minimum absolute atomic E-state index is 0.168. The summed E-state index contributed by atoms with van der Waals surface area (Å²) in [4.78, 5) is 2.04. The summed E-state index contributed by atoms with van der Waals surface area (Å²) in [5.74, 6) is 0.168. The summed E-state index contributed by atoms with van der Waals surface area (Å²) in [6.45, 7) is 11.7. The number of hydrogen-bond donors (Lipinski definition) is 0. The van der Waals surface area contributed by atoms with Gasteiger partial charge in [0.25, 0.3) is 0 Å². The van der Waals surface area contributed by atoms with E-state index in [1.54, 1.807) is 4.31 Å². The van der Waals surface area contributed by atoms with Crippen LogP contribution in [0.2, 0.25) is 0 Å². The van der Waals surface area contributed by atoms with E-state index in [1.165, 1.54) is 0 Å². The van der Waals surface area contributed by atoms with Gasteiger partial charge in [0.15, 0.2) is 0 Å². The molecule has 6 heteroatoms. The van der Waals surface area contributed by atoms with Crippen LogP contribution in [0.25, 0.3) is 0 Å². The van der Waals surface area contributed by atoms with Crippen molar-refractivity contribution in [1.82, 2.24) is 9.21 Å². The predicted octanol–water partition coefficient (Wildman–Crippen LogP) is 1.28. The van der Waals surface area contributed by atoms with Crippen LogP contribution in [0.15, 0.2) is 0 Å². The van der Waals surface area contributed by atoms with Crippen LogP contribution in [0.3, 0.4) is 0 Å². The van der Waals surface area contributed by atoms with E-state index in [9.17, 15) is 8.42 Å². The van der Waals surface area contributed by atoms with Crippen molar-refractivity contribution in [1.29, 1.82) is 5.26 Å². The van der Waals surface area contributed by atoms with E-state index in [1.807, 2.05) is 39.5 Å². The molecule has 1 rings (SSSR count). The zero-order valence-corrected chi connectivity index (χ0v) is 13.4. The van der Waals surface area contributed by atoms with Gasteiger partial charge in [0.2, 0.25) is 10.0 Å². The van der Waals surface area contributed by atoms with Crippen LogP contribution in [0.4, 0.5) is 0 Å². The van der Waals surface area contributed by atoms with Gasteiger partial charge in [-0.15, -0.1) is 0 Å². The van der Waals surface area contributed by atoms with Gasteiger partial charge < -0.3 is 0 Å². The quantitative estimate of drug-likeness (QED) is 0.784. The van der Waals surface area contributed by atoms with Crippen LogP contribution >= 0.6 is 0 Å². The fourth-order valence-electron chi connectivity index (χ4n) is 2.23. The first-order chi connectivity index (χ1) is 8.48. The Morgan fingerprint density at radius 1 is 1.05 bits per heavy atom. The number of piperazine rings is 1. The molecule has 0 saturated carbocycles. The molecule has 0 aromatic heterocycles. The highest BCUT2D eigenvalue weighted by molar-refractivity contribution is 7.89. The van der Waals surface area contributed by atoms with Crippen molar-refractivity contribution >= 4 is 10.0 Å². The minimum Gasteiger partial charge on any atom is -0.283 e. The Morgan fingerprint density at radius 3 is 1.89 bits per heavy atom. The summed E-state index contributed by atoms with van der Waals surface area (Å²) in [6, 6.07) is 2.26. The molecule has 0 aliphatic carbocycles. The number of nitrogens with zero attached hydrogens (tertiary/aromatic N) is 3. The SMILES string of the molecule is CC(C)(C)CS(=O)(=O)N1CCN(C(C)(C)C#N)CC1. The number of sulfonamides is 1. The minimum atomic E-state index is -3.19. The van der Waals surface area contributed by atoms with Crippen molar-refractivity contribution in [3.05, 3.63) is 0 Å². The third-order valence-corrected chi connectivity index (χ3v) is 5.69. The molecule has 1 aliphatic rings. The summed E-state index contributed by atoms with van der Waals surface area (Å²) >= 11 is 0. The summed E-state index contributed by atoms with van der Waals surface area (Å²) in [6.07, 6.45) is 0. The first-order valence-electron chi connectivity index (χ1n) is 6.62. The van der Waals surface area contributed by atoms with Crippen molar-refractivity contribution in [3.8, 4) is 6.07 Å². The highest BCUT2D eigenvalue weighted by Crippen LogP contribution is 2.22. The molecule has 0 amide bonds. The molecule has 1 heterocycles. The zero-order chi connectivity index (χ0) is 14.9. The van der Waals surface area contributed by atoms with E-state index >= 15 is 0 Å². The van der Waals surface area contributed by atoms with Crippen LogP contribution < -0.4 is 0 Å². The zero-order valence-electron chi connectivity index (χ0n) is 12.6. The monoisotopic (exact) mass is 287 g/mol. The van der Waals surface area contributed by atoms with Crippen molar-refractivity contribution in [2.75, 3.05) is 31.9 Å². The highest BCUT2D eigenvalue weighted by Gasteiger charge is 2.35. The van der Waals surface area contributed by atoms with Gasteiger partial charge in [-0.3, -0.25) is 4.90 Å². The number of rotatable bonds is 3. The molecule has 0 aromatic rings. The topological polar surface area (TPSA) is 64.4 Å². The van der Waals surface area contributed by atoms with Crippen LogP contribution in [0, 0.1) is 16.7 Å². The fraction of sp³-hybridized carbons (Fsp3) is 0.923. The fourth-order valence-corrected chi connectivity index (χ4v) is 4.23. The van der Waals surface area contributed by atoms with Gasteiger partial charge >= 0.3 is 0 Å². The second-order valence-electron chi connectivity index (χ2n) is 6.87. The Bertz CT molecular complexity index is 449. The number of hydrogen-bond acceptors (Lipinski definition) is 4. The average Bonchev–Trinajstić information content (AvgIpc) is 2.26. The van der Waals surface area contributed by atoms with E-state index in [4.69, 9.17) is 5.26 Å². The highest BCUT2D eigenvalue weighted by atomic mass is 32.2. The van der Waals surface area contributed by atoms with E-state index in [0.29, 0.717) is 26.2 Å². The van der Waals surface area contributed by atoms with Crippen LogP contribution in [-0.2, 0) is 10.0 Å². The van der Waals surface area contributed by atoms with Crippen molar-refractivity contribution < 1.29 is 8.42 Å². The molecule has 1 aliphatic heterocycles. The van der Waals surface area contributed by atoms with Gasteiger partial charge in [0, 0.05) is 26.2 Å². The first-order valence-corrected chi connectivity index (χ1v) is 8.23. The molecule has 0 spiro atoms. The van der Waals surface area contributed by atoms with Crippen LogP contribution in [0.1, 0.15) is 34.6 Å². The summed E-state index contributed by atoms with van der Waals surface area (Å²) in [7, 11) is -3.19. The molecule has 0 bridgehead atoms. The maximum Gasteiger partial charge on any atom is 0.214 e. The van der Waals surface area contributed by atoms with Gasteiger partial charge in [-0.2, -0.15) is 9.57 Å². The molecule has 0 atom stereocenters. The summed E-state index contributed by atoms with van der Waals surface area (Å²) in [5, 5.41) is 9.10. The van der Waals surface area contributed by atoms with E-state index in [-0.39, 0.29) is 11.2 Å². The Kier molecular flexibility index (Phi) is 4.66. The van der Waals surface area contributed by atoms with Gasteiger partial charge in [-0.25, -0.2) is 8.42 Å². The molecule has 0 N–H and O–H groups in total. The van der Waals surface area contributed by atoms with Gasteiger partial charge in [0.1, 0.15) is 5.54 Å². The Morgan fingerprint density at radius 2 is 1.53 bits per heavy atom. The maximum atomic E-state index is 12.3. The van der Waals surface area contributed by atoms with Crippen LogP contribution in [-0.4, -0.2) is 55.1 Å². The molecule has 5 nitrogen and oxygen atoms in total. The van der Waals surface area contributed by atoms with Gasteiger partial charge in [0.05, 0.1) is 11.8 Å².